The number of esters is 1. The fourth-order valence-corrected chi connectivity index (χ4v) is 4.65. The lowest BCUT2D eigenvalue weighted by Crippen LogP contribution is -2.01. The van der Waals surface area contributed by atoms with Gasteiger partial charge in [0, 0.05) is 12.1 Å². The van der Waals surface area contributed by atoms with E-state index in [-0.39, 0.29) is 5.97 Å². The number of methoxy groups -OCH3 is 1. The largest absolute Gasteiger partial charge is 0.493 e. The van der Waals surface area contributed by atoms with Crippen LogP contribution in [-0.2, 0) is 9.53 Å². The molecule has 0 bridgehead atoms. The average molecular weight is 531 g/mol. The van der Waals surface area contributed by atoms with Crippen molar-refractivity contribution < 1.29 is 19.0 Å². The van der Waals surface area contributed by atoms with Crippen molar-refractivity contribution in [2.45, 2.75) is 142 Å². The van der Waals surface area contributed by atoms with Crippen LogP contribution in [0.4, 0.5) is 0 Å². The molecule has 0 saturated carbocycles. The van der Waals surface area contributed by atoms with Gasteiger partial charge in [-0.05, 0) is 36.6 Å². The summed E-state index contributed by atoms with van der Waals surface area (Å²) in [4.78, 5) is 11.6. The van der Waals surface area contributed by atoms with Gasteiger partial charge in [0.25, 0.3) is 0 Å². The normalized spacial score (nSPS) is 11.2. The summed E-state index contributed by atoms with van der Waals surface area (Å²) < 4.78 is 16.9. The molecule has 0 heterocycles. The zero-order valence-electron chi connectivity index (χ0n) is 25.1. The first-order chi connectivity index (χ1) is 18.7. The SMILES string of the molecule is CCCCCCCCCCCCOc1cc(C=CC(=O)OC)cc(OCCCCCCCCCCCC)c1. The van der Waals surface area contributed by atoms with Gasteiger partial charge in [-0.3, -0.25) is 0 Å². The zero-order valence-corrected chi connectivity index (χ0v) is 25.1. The van der Waals surface area contributed by atoms with Crippen LogP contribution in [0.5, 0.6) is 11.5 Å². The lowest BCUT2D eigenvalue weighted by Gasteiger charge is -2.12. The van der Waals surface area contributed by atoms with Crippen molar-refractivity contribution in [3.05, 3.63) is 29.8 Å². The molecule has 0 fully saturated rings. The maximum Gasteiger partial charge on any atom is 0.330 e. The van der Waals surface area contributed by atoms with Crippen molar-refractivity contribution in [1.29, 1.82) is 0 Å². The molecule has 0 amide bonds. The van der Waals surface area contributed by atoms with Crippen molar-refractivity contribution in [1.82, 2.24) is 0 Å². The van der Waals surface area contributed by atoms with Crippen LogP contribution in [-0.4, -0.2) is 26.3 Å². The van der Waals surface area contributed by atoms with Gasteiger partial charge in [-0.25, -0.2) is 4.79 Å². The number of ether oxygens (including phenoxy) is 3. The van der Waals surface area contributed by atoms with E-state index in [2.05, 4.69) is 13.8 Å². The van der Waals surface area contributed by atoms with Crippen LogP contribution in [0.2, 0.25) is 0 Å². The first-order valence-electron chi connectivity index (χ1n) is 15.9. The first-order valence-corrected chi connectivity index (χ1v) is 15.9. The summed E-state index contributed by atoms with van der Waals surface area (Å²) in [7, 11) is 1.39. The molecule has 1 rings (SSSR count). The molecule has 1 aromatic rings. The molecule has 1 aromatic carbocycles. The van der Waals surface area contributed by atoms with Crippen LogP contribution >= 0.6 is 0 Å². The van der Waals surface area contributed by atoms with Crippen molar-refractivity contribution in [3.8, 4) is 11.5 Å². The van der Waals surface area contributed by atoms with E-state index in [0.29, 0.717) is 13.2 Å². The molecule has 4 heteroatoms. The maximum absolute atomic E-state index is 11.6. The smallest absolute Gasteiger partial charge is 0.330 e. The molecule has 0 aromatic heterocycles. The zero-order chi connectivity index (χ0) is 27.5. The maximum atomic E-state index is 11.6. The molecular formula is C34H58O4. The second-order valence-corrected chi connectivity index (χ2v) is 10.7. The molecule has 0 radical (unpaired) electrons. The predicted molar refractivity (Wildman–Crippen MR) is 162 cm³/mol. The molecule has 218 valence electrons. The van der Waals surface area contributed by atoms with E-state index < -0.39 is 0 Å². The molecule has 0 unspecified atom stereocenters. The van der Waals surface area contributed by atoms with E-state index in [9.17, 15) is 4.79 Å². The molecule has 0 atom stereocenters. The van der Waals surface area contributed by atoms with Crippen LogP contribution in [0.3, 0.4) is 0 Å². The van der Waals surface area contributed by atoms with Gasteiger partial charge in [0.1, 0.15) is 11.5 Å². The van der Waals surface area contributed by atoms with Crippen molar-refractivity contribution in [2.24, 2.45) is 0 Å². The molecule has 0 aliphatic heterocycles. The number of carbonyl (C=O) groups is 1. The average Bonchev–Trinajstić information content (AvgIpc) is 2.93. The van der Waals surface area contributed by atoms with Crippen LogP contribution in [0, 0.1) is 0 Å². The number of rotatable bonds is 26. The minimum absolute atomic E-state index is 0.366. The Morgan fingerprint density at radius 3 is 1.32 bits per heavy atom. The van der Waals surface area contributed by atoms with Gasteiger partial charge in [0.05, 0.1) is 20.3 Å². The fraction of sp³-hybridized carbons (Fsp3) is 0.735. The quantitative estimate of drug-likeness (QED) is 0.0679. The molecule has 38 heavy (non-hydrogen) atoms. The van der Waals surface area contributed by atoms with Gasteiger partial charge in [-0.15, -0.1) is 0 Å². The van der Waals surface area contributed by atoms with Crippen molar-refractivity contribution >= 4 is 12.0 Å². The van der Waals surface area contributed by atoms with Crippen molar-refractivity contribution in [2.75, 3.05) is 20.3 Å². The summed E-state index contributed by atoms with van der Waals surface area (Å²) in [5, 5.41) is 0. The third-order valence-corrected chi connectivity index (χ3v) is 7.05. The Morgan fingerprint density at radius 2 is 0.947 bits per heavy atom. The van der Waals surface area contributed by atoms with Gasteiger partial charge in [-0.2, -0.15) is 0 Å². The highest BCUT2D eigenvalue weighted by Crippen LogP contribution is 2.25. The number of hydrogen-bond acceptors (Lipinski definition) is 4. The summed E-state index contributed by atoms with van der Waals surface area (Å²) in [5.41, 5.74) is 0.883. The molecular weight excluding hydrogens is 472 g/mol. The van der Waals surface area contributed by atoms with E-state index in [0.717, 1.165) is 29.9 Å². The van der Waals surface area contributed by atoms with Crippen molar-refractivity contribution in [3.63, 3.8) is 0 Å². The Labute approximate surface area is 234 Å². The first kappa shape index (κ1) is 34.1. The van der Waals surface area contributed by atoms with Crippen LogP contribution in [0.15, 0.2) is 24.3 Å². The highest BCUT2D eigenvalue weighted by molar-refractivity contribution is 5.87. The second kappa shape index (κ2) is 25.3. The Hall–Kier alpha value is -1.97. The van der Waals surface area contributed by atoms with Crippen LogP contribution in [0.25, 0.3) is 6.08 Å². The summed E-state index contributed by atoms with van der Waals surface area (Å²) >= 11 is 0. The summed E-state index contributed by atoms with van der Waals surface area (Å²) in [6, 6.07) is 5.90. The third kappa shape index (κ3) is 20.1. The Balaban J connectivity index is 2.34. The Bertz CT molecular complexity index is 668. The van der Waals surface area contributed by atoms with E-state index >= 15 is 0 Å². The predicted octanol–water partition coefficient (Wildman–Crippen LogP) is 10.5. The lowest BCUT2D eigenvalue weighted by atomic mass is 10.1. The van der Waals surface area contributed by atoms with Gasteiger partial charge >= 0.3 is 5.97 Å². The highest BCUT2D eigenvalue weighted by Gasteiger charge is 2.04. The number of benzene rings is 1. The second-order valence-electron chi connectivity index (χ2n) is 10.7. The molecule has 0 N–H and O–H groups in total. The minimum Gasteiger partial charge on any atom is -0.493 e. The summed E-state index contributed by atoms with van der Waals surface area (Å²) in [6.45, 7) is 5.95. The minimum atomic E-state index is -0.366. The number of carbonyl (C=O) groups excluding carboxylic acids is 1. The number of unbranched alkanes of at least 4 members (excludes halogenated alkanes) is 18. The Morgan fingerprint density at radius 1 is 0.579 bits per heavy atom. The van der Waals surface area contributed by atoms with Gasteiger partial charge in [0.2, 0.25) is 0 Å². The van der Waals surface area contributed by atoms with Crippen LogP contribution in [0.1, 0.15) is 148 Å². The third-order valence-electron chi connectivity index (χ3n) is 7.05. The molecule has 0 aliphatic rings. The molecule has 0 aliphatic carbocycles. The molecule has 0 spiro atoms. The van der Waals surface area contributed by atoms with Gasteiger partial charge in [-0.1, -0.05) is 129 Å². The lowest BCUT2D eigenvalue weighted by molar-refractivity contribution is -0.134. The van der Waals surface area contributed by atoms with Gasteiger partial charge < -0.3 is 14.2 Å². The monoisotopic (exact) mass is 530 g/mol. The van der Waals surface area contributed by atoms with Gasteiger partial charge in [0.15, 0.2) is 0 Å². The number of hydrogen-bond donors (Lipinski definition) is 0. The highest BCUT2D eigenvalue weighted by atomic mass is 16.5. The Kier molecular flexibility index (Phi) is 22.7. The van der Waals surface area contributed by atoms with E-state index in [4.69, 9.17) is 14.2 Å². The van der Waals surface area contributed by atoms with E-state index in [1.54, 1.807) is 6.08 Å². The molecule has 4 nitrogen and oxygen atoms in total. The van der Waals surface area contributed by atoms with E-state index in [1.165, 1.54) is 129 Å². The molecule has 0 saturated heterocycles. The fourth-order valence-electron chi connectivity index (χ4n) is 4.65. The van der Waals surface area contributed by atoms with Crippen LogP contribution < -0.4 is 9.47 Å². The topological polar surface area (TPSA) is 44.8 Å². The van der Waals surface area contributed by atoms with E-state index in [1.807, 2.05) is 18.2 Å². The summed E-state index contributed by atoms with van der Waals surface area (Å²) in [6.07, 6.45) is 29.4. The summed E-state index contributed by atoms with van der Waals surface area (Å²) in [5.74, 6) is 1.23. The standard InChI is InChI=1S/C34H58O4/c1-4-6-8-10-12-14-16-18-20-22-26-37-32-28-31(24-25-34(35)36-3)29-33(30-32)38-27-23-21-19-17-15-13-11-9-7-5-2/h24-25,28-30H,4-23,26-27H2,1-3H3.